The number of sulfonamides is 1. The number of carboxylic acids is 1. The molecule has 0 amide bonds. The van der Waals surface area contributed by atoms with Crippen molar-refractivity contribution >= 4 is 48.9 Å². The highest BCUT2D eigenvalue weighted by Gasteiger charge is 2.28. The molecule has 10 heteroatoms. The Labute approximate surface area is 217 Å². The largest absolute Gasteiger partial charge is 0.480 e. The Morgan fingerprint density at radius 3 is 2.60 bits per heavy atom. The van der Waals surface area contributed by atoms with Crippen LogP contribution in [0.5, 0.6) is 5.75 Å². The van der Waals surface area contributed by atoms with Crippen LogP contribution in [-0.4, -0.2) is 50.0 Å². The first-order valence-electron chi connectivity index (χ1n) is 11.3. The molecule has 2 aromatic carbocycles. The number of hydrogen-bond acceptors (Lipinski definition) is 6. The summed E-state index contributed by atoms with van der Waals surface area (Å²) in [6, 6.07) is 17.3. The van der Waals surface area contributed by atoms with Crippen molar-refractivity contribution in [3.05, 3.63) is 70.0 Å². The topological polar surface area (TPSA) is 95.9 Å². The molecule has 186 valence electrons. The average molecular weight is 580 g/mol. The molecule has 7 nitrogen and oxygen atoms in total. The number of ether oxygens (including phenoxy) is 1. The predicted octanol–water partition coefficient (Wildman–Crippen LogP) is 5.29. The number of carboxylic acid groups (broad SMARTS) is 1. The van der Waals surface area contributed by atoms with Crippen LogP contribution < -0.4 is 10.1 Å². The summed E-state index contributed by atoms with van der Waals surface area (Å²) in [6.07, 6.45) is 1.64. The van der Waals surface area contributed by atoms with Gasteiger partial charge in [0, 0.05) is 30.7 Å². The van der Waals surface area contributed by atoms with Gasteiger partial charge in [-0.2, -0.15) is 0 Å². The summed E-state index contributed by atoms with van der Waals surface area (Å²) >= 11 is 5.01. The first-order chi connectivity index (χ1) is 16.8. The van der Waals surface area contributed by atoms with Crippen LogP contribution in [0.4, 0.5) is 5.69 Å². The van der Waals surface area contributed by atoms with E-state index in [0.717, 1.165) is 45.6 Å². The number of anilines is 1. The van der Waals surface area contributed by atoms with E-state index in [1.165, 1.54) is 11.3 Å². The van der Waals surface area contributed by atoms with E-state index < -0.39 is 16.0 Å². The number of hydrogen-bond donors (Lipinski definition) is 2. The average Bonchev–Trinajstić information content (AvgIpc) is 3.22. The number of thiophene rings is 1. The molecule has 0 spiro atoms. The lowest BCUT2D eigenvalue weighted by Gasteiger charge is -2.31. The minimum absolute atomic E-state index is 0.0465. The van der Waals surface area contributed by atoms with E-state index in [-0.39, 0.29) is 12.4 Å². The molecule has 1 saturated heterocycles. The van der Waals surface area contributed by atoms with Gasteiger partial charge in [0.1, 0.15) is 5.75 Å². The SMILES string of the molecule is O=C(O)COc1csc(-c2cccc(NCC3CCN(S(=O)(=O)Cc4ccccc4)CC3)c2)c1Br. The van der Waals surface area contributed by atoms with Gasteiger partial charge in [0.2, 0.25) is 10.0 Å². The van der Waals surface area contributed by atoms with Crippen LogP contribution in [0.15, 0.2) is 64.5 Å². The second kappa shape index (κ2) is 11.6. The predicted molar refractivity (Wildman–Crippen MR) is 142 cm³/mol. The van der Waals surface area contributed by atoms with Crippen molar-refractivity contribution in [3.63, 3.8) is 0 Å². The number of nitrogens with one attached hydrogen (secondary N) is 1. The summed E-state index contributed by atoms with van der Waals surface area (Å²) < 4.78 is 33.3. The molecular weight excluding hydrogens is 552 g/mol. The molecule has 1 aliphatic rings. The number of benzene rings is 2. The van der Waals surface area contributed by atoms with Crippen LogP contribution in [0.3, 0.4) is 0 Å². The van der Waals surface area contributed by atoms with Gasteiger partial charge in [0.25, 0.3) is 0 Å². The van der Waals surface area contributed by atoms with Gasteiger partial charge in [-0.3, -0.25) is 0 Å². The van der Waals surface area contributed by atoms with E-state index in [0.29, 0.717) is 24.8 Å². The summed E-state index contributed by atoms with van der Waals surface area (Å²) in [6.45, 7) is 1.48. The zero-order valence-corrected chi connectivity index (χ0v) is 22.2. The van der Waals surface area contributed by atoms with E-state index >= 15 is 0 Å². The van der Waals surface area contributed by atoms with Crippen LogP contribution in [0, 0.1) is 5.92 Å². The minimum atomic E-state index is -3.31. The minimum Gasteiger partial charge on any atom is -0.480 e. The van der Waals surface area contributed by atoms with Gasteiger partial charge in [0.05, 0.1) is 15.1 Å². The molecule has 4 rings (SSSR count). The molecular formula is C25H27BrN2O5S2. The van der Waals surface area contributed by atoms with Crippen LogP contribution in [-0.2, 0) is 20.6 Å². The molecule has 3 aromatic rings. The fourth-order valence-corrected chi connectivity index (χ4v) is 7.39. The lowest BCUT2D eigenvalue weighted by molar-refractivity contribution is -0.139. The maximum Gasteiger partial charge on any atom is 0.341 e. The van der Waals surface area contributed by atoms with Crippen molar-refractivity contribution in [3.8, 4) is 16.2 Å². The van der Waals surface area contributed by atoms with Crippen molar-refractivity contribution in [2.45, 2.75) is 18.6 Å². The maximum atomic E-state index is 12.8. The van der Waals surface area contributed by atoms with Gasteiger partial charge >= 0.3 is 5.97 Å². The van der Waals surface area contributed by atoms with E-state index in [2.05, 4.69) is 27.3 Å². The van der Waals surface area contributed by atoms with Gasteiger partial charge in [-0.15, -0.1) is 11.3 Å². The molecule has 0 radical (unpaired) electrons. The van der Waals surface area contributed by atoms with Gasteiger partial charge in [-0.05, 0) is 57.9 Å². The lowest BCUT2D eigenvalue weighted by Crippen LogP contribution is -2.40. The number of nitrogens with zero attached hydrogens (tertiary/aromatic N) is 1. The third-order valence-electron chi connectivity index (χ3n) is 5.93. The third kappa shape index (κ3) is 6.84. The highest BCUT2D eigenvalue weighted by atomic mass is 79.9. The number of piperidine rings is 1. The Balaban J connectivity index is 1.30. The first kappa shape index (κ1) is 25.7. The van der Waals surface area contributed by atoms with Gasteiger partial charge in [0.15, 0.2) is 6.61 Å². The Kier molecular flexibility index (Phi) is 8.48. The zero-order chi connectivity index (χ0) is 24.8. The van der Waals surface area contributed by atoms with Crippen molar-refractivity contribution < 1.29 is 23.1 Å². The van der Waals surface area contributed by atoms with Crippen LogP contribution in [0.2, 0.25) is 0 Å². The Morgan fingerprint density at radius 2 is 1.89 bits per heavy atom. The van der Waals surface area contributed by atoms with Crippen molar-refractivity contribution in [1.82, 2.24) is 4.31 Å². The van der Waals surface area contributed by atoms with E-state index in [9.17, 15) is 13.2 Å². The zero-order valence-electron chi connectivity index (χ0n) is 19.0. The van der Waals surface area contributed by atoms with E-state index in [1.54, 1.807) is 9.69 Å². The molecule has 1 fully saturated rings. The standard InChI is InChI=1S/C25H27BrN2O5S2/c26-24-22(33-15-23(29)30)16-34-25(24)20-7-4-8-21(13-20)27-14-18-9-11-28(12-10-18)35(31,32)17-19-5-2-1-3-6-19/h1-8,13,16,18,27H,9-12,14-15,17H2,(H,29,30). The molecule has 2 N–H and O–H groups in total. The number of halogens is 1. The number of rotatable bonds is 10. The third-order valence-corrected chi connectivity index (χ3v) is 9.84. The Morgan fingerprint density at radius 1 is 1.14 bits per heavy atom. The molecule has 2 heterocycles. The smallest absolute Gasteiger partial charge is 0.341 e. The van der Waals surface area contributed by atoms with Crippen molar-refractivity contribution in [2.24, 2.45) is 5.92 Å². The maximum absolute atomic E-state index is 12.8. The highest BCUT2D eigenvalue weighted by molar-refractivity contribution is 9.10. The summed E-state index contributed by atoms with van der Waals surface area (Å²) in [5.41, 5.74) is 2.79. The van der Waals surface area contributed by atoms with Crippen molar-refractivity contribution in [1.29, 1.82) is 0 Å². The Hall–Kier alpha value is -2.40. The number of aliphatic carboxylic acids is 1. The molecule has 0 saturated carbocycles. The molecule has 1 aliphatic heterocycles. The lowest BCUT2D eigenvalue weighted by atomic mass is 9.98. The first-order valence-corrected chi connectivity index (χ1v) is 14.6. The Bertz CT molecular complexity index is 1260. The number of carbonyl (C=O) groups is 1. The van der Waals surface area contributed by atoms with Crippen molar-refractivity contribution in [2.75, 3.05) is 31.6 Å². The molecule has 35 heavy (non-hydrogen) atoms. The molecule has 0 bridgehead atoms. The molecule has 0 aliphatic carbocycles. The van der Waals surface area contributed by atoms with Crippen LogP contribution in [0.25, 0.3) is 10.4 Å². The summed E-state index contributed by atoms with van der Waals surface area (Å²) in [5, 5.41) is 14.1. The molecule has 0 unspecified atom stereocenters. The van der Waals surface area contributed by atoms with E-state index in [4.69, 9.17) is 9.84 Å². The fourth-order valence-electron chi connectivity index (χ4n) is 4.06. The summed E-state index contributed by atoms with van der Waals surface area (Å²) in [5.74, 6) is -0.0632. The fraction of sp³-hybridized carbons (Fsp3) is 0.320. The summed E-state index contributed by atoms with van der Waals surface area (Å²) in [7, 11) is -3.31. The monoisotopic (exact) mass is 578 g/mol. The van der Waals surface area contributed by atoms with Crippen LogP contribution in [0.1, 0.15) is 18.4 Å². The van der Waals surface area contributed by atoms with E-state index in [1.807, 2.05) is 48.5 Å². The second-order valence-corrected chi connectivity index (χ2v) is 12.1. The van der Waals surface area contributed by atoms with Crippen LogP contribution >= 0.6 is 27.3 Å². The highest BCUT2D eigenvalue weighted by Crippen LogP contribution is 2.42. The second-order valence-electron chi connectivity index (χ2n) is 8.47. The van der Waals surface area contributed by atoms with Gasteiger partial charge in [-0.25, -0.2) is 17.5 Å². The molecule has 1 aromatic heterocycles. The normalized spacial score (nSPS) is 15.1. The van der Waals surface area contributed by atoms with Gasteiger partial charge in [-0.1, -0.05) is 42.5 Å². The van der Waals surface area contributed by atoms with Gasteiger partial charge < -0.3 is 15.2 Å². The quantitative estimate of drug-likeness (QED) is 0.339. The summed E-state index contributed by atoms with van der Waals surface area (Å²) in [4.78, 5) is 11.7. The molecule has 0 atom stereocenters.